The normalized spacial score (nSPS) is 14.2. The van der Waals surface area contributed by atoms with E-state index in [4.69, 9.17) is 10.2 Å². The monoisotopic (exact) mass is 403 g/mol. The number of imidazole rings is 1. The van der Waals surface area contributed by atoms with Crippen LogP contribution < -0.4 is 16.0 Å². The molecule has 1 saturated heterocycles. The largest absolute Gasteiger partial charge is 0.462 e. The Morgan fingerprint density at radius 2 is 1.97 bits per heavy atom. The number of hydrogen-bond donors (Lipinski definition) is 2. The third-order valence-electron chi connectivity index (χ3n) is 5.26. The Morgan fingerprint density at radius 1 is 1.10 bits per heavy atom. The van der Waals surface area contributed by atoms with Gasteiger partial charge in [-0.3, -0.25) is 9.20 Å². The zero-order valence-corrected chi connectivity index (χ0v) is 16.3. The summed E-state index contributed by atoms with van der Waals surface area (Å²) in [4.78, 5) is 27.2. The standard InChI is InChI=1S/C21H21N7O2/c22-19(29)14-10-17(30-13-14)16-12-25-20(21-23-6-9-28(16)21)26-15-4-5-18(24-11-15)27-7-2-1-3-8-27/h4-6,9-13H,1-3,7-8H2,(H2,22,29)(H,25,26). The number of amides is 1. The summed E-state index contributed by atoms with van der Waals surface area (Å²) in [7, 11) is 0. The van der Waals surface area contributed by atoms with E-state index in [1.165, 1.54) is 25.5 Å². The molecule has 5 heterocycles. The molecule has 0 aliphatic carbocycles. The average Bonchev–Trinajstić information content (AvgIpc) is 3.46. The van der Waals surface area contributed by atoms with Gasteiger partial charge in [0.1, 0.15) is 17.8 Å². The molecule has 3 N–H and O–H groups in total. The minimum atomic E-state index is -0.543. The second-order valence-corrected chi connectivity index (χ2v) is 7.25. The molecule has 0 unspecified atom stereocenters. The number of nitrogens with zero attached hydrogens (tertiary/aromatic N) is 5. The van der Waals surface area contributed by atoms with E-state index in [2.05, 4.69) is 25.2 Å². The lowest BCUT2D eigenvalue weighted by Gasteiger charge is -2.27. The van der Waals surface area contributed by atoms with Crippen LogP contribution in [0.25, 0.3) is 17.1 Å². The van der Waals surface area contributed by atoms with Crippen molar-refractivity contribution >= 4 is 28.9 Å². The summed E-state index contributed by atoms with van der Waals surface area (Å²) in [5, 5.41) is 3.29. The third-order valence-corrected chi connectivity index (χ3v) is 5.26. The first-order valence-corrected chi connectivity index (χ1v) is 9.88. The van der Waals surface area contributed by atoms with Gasteiger partial charge < -0.3 is 20.4 Å². The van der Waals surface area contributed by atoms with Crippen LogP contribution in [0.4, 0.5) is 17.3 Å². The highest BCUT2D eigenvalue weighted by molar-refractivity contribution is 5.93. The molecule has 1 fully saturated rings. The minimum absolute atomic E-state index is 0.306. The molecule has 0 radical (unpaired) electrons. The highest BCUT2D eigenvalue weighted by atomic mass is 16.3. The summed E-state index contributed by atoms with van der Waals surface area (Å²) in [6, 6.07) is 5.62. The Morgan fingerprint density at radius 3 is 2.70 bits per heavy atom. The summed E-state index contributed by atoms with van der Waals surface area (Å²) < 4.78 is 7.34. The molecule has 0 aromatic carbocycles. The van der Waals surface area contributed by atoms with E-state index in [0.717, 1.165) is 24.6 Å². The van der Waals surface area contributed by atoms with Gasteiger partial charge in [-0.1, -0.05) is 0 Å². The number of nitrogens with two attached hydrogens (primary N) is 1. The SMILES string of the molecule is NC(=O)c1coc(-c2cnc(Nc3ccc(N4CCCCC4)nc3)c3nccn23)c1. The van der Waals surface area contributed by atoms with Gasteiger partial charge in [-0.25, -0.2) is 15.0 Å². The maximum atomic E-state index is 11.3. The van der Waals surface area contributed by atoms with E-state index in [1.54, 1.807) is 18.5 Å². The molecule has 0 bridgehead atoms. The number of aromatic nitrogens is 4. The number of hydrogen-bond acceptors (Lipinski definition) is 7. The van der Waals surface area contributed by atoms with Crippen molar-refractivity contribution in [1.82, 2.24) is 19.4 Å². The molecule has 4 aromatic heterocycles. The summed E-state index contributed by atoms with van der Waals surface area (Å²) >= 11 is 0. The molecule has 9 heteroatoms. The third kappa shape index (κ3) is 3.34. The summed E-state index contributed by atoms with van der Waals surface area (Å²) in [6.07, 6.45) is 12.0. The number of pyridine rings is 1. The van der Waals surface area contributed by atoms with Gasteiger partial charge in [-0.2, -0.15) is 0 Å². The van der Waals surface area contributed by atoms with Crippen LogP contribution in [0.3, 0.4) is 0 Å². The lowest BCUT2D eigenvalue weighted by atomic mass is 10.1. The van der Waals surface area contributed by atoms with E-state index in [9.17, 15) is 4.79 Å². The van der Waals surface area contributed by atoms with Crippen LogP contribution in [0, 0.1) is 0 Å². The van der Waals surface area contributed by atoms with Gasteiger partial charge in [0.2, 0.25) is 0 Å². The Hall–Kier alpha value is -3.88. The van der Waals surface area contributed by atoms with Crippen LogP contribution in [0.15, 0.2) is 53.7 Å². The Bertz CT molecular complexity index is 1190. The van der Waals surface area contributed by atoms with Gasteiger partial charge >= 0.3 is 0 Å². The highest BCUT2D eigenvalue weighted by Gasteiger charge is 2.16. The van der Waals surface area contributed by atoms with E-state index in [1.807, 2.05) is 28.9 Å². The molecule has 0 spiro atoms. The highest BCUT2D eigenvalue weighted by Crippen LogP contribution is 2.27. The van der Waals surface area contributed by atoms with Crippen molar-refractivity contribution in [2.24, 2.45) is 5.73 Å². The number of carbonyl (C=O) groups excluding carboxylic acids is 1. The van der Waals surface area contributed by atoms with Gasteiger partial charge in [0, 0.05) is 25.5 Å². The maximum absolute atomic E-state index is 11.3. The van der Waals surface area contributed by atoms with Crippen LogP contribution in [-0.2, 0) is 0 Å². The minimum Gasteiger partial charge on any atom is -0.462 e. The predicted molar refractivity (Wildman–Crippen MR) is 113 cm³/mol. The molecule has 4 aromatic rings. The van der Waals surface area contributed by atoms with Crippen molar-refractivity contribution in [3.8, 4) is 11.5 Å². The molecule has 1 aliphatic rings. The molecule has 1 aliphatic heterocycles. The fraction of sp³-hybridized carbons (Fsp3) is 0.238. The molecule has 30 heavy (non-hydrogen) atoms. The zero-order chi connectivity index (χ0) is 20.5. The Labute approximate surface area is 172 Å². The molecule has 1 amide bonds. The van der Waals surface area contributed by atoms with Crippen molar-refractivity contribution in [3.63, 3.8) is 0 Å². The van der Waals surface area contributed by atoms with Crippen molar-refractivity contribution in [2.45, 2.75) is 19.3 Å². The van der Waals surface area contributed by atoms with Gasteiger partial charge in [0.15, 0.2) is 17.2 Å². The lowest BCUT2D eigenvalue weighted by molar-refractivity contribution is 0.0999. The molecular formula is C21H21N7O2. The van der Waals surface area contributed by atoms with Gasteiger partial charge in [0.25, 0.3) is 5.91 Å². The number of fused-ring (bicyclic) bond motifs is 1. The number of piperidine rings is 1. The van der Waals surface area contributed by atoms with E-state index in [-0.39, 0.29) is 0 Å². The molecule has 152 valence electrons. The summed E-state index contributed by atoms with van der Waals surface area (Å²) in [5.41, 5.74) is 7.74. The van der Waals surface area contributed by atoms with Crippen LogP contribution >= 0.6 is 0 Å². The number of rotatable bonds is 5. The second-order valence-electron chi connectivity index (χ2n) is 7.25. The number of primary amides is 1. The van der Waals surface area contributed by atoms with Gasteiger partial charge in [-0.15, -0.1) is 0 Å². The second kappa shape index (κ2) is 7.51. The molecule has 0 atom stereocenters. The number of anilines is 3. The first kappa shape index (κ1) is 18.2. The van der Waals surface area contributed by atoms with Crippen LogP contribution in [0.2, 0.25) is 0 Å². The van der Waals surface area contributed by atoms with E-state index >= 15 is 0 Å². The van der Waals surface area contributed by atoms with Crippen LogP contribution in [-0.4, -0.2) is 38.3 Å². The fourth-order valence-corrected chi connectivity index (χ4v) is 3.70. The van der Waals surface area contributed by atoms with Crippen molar-refractivity contribution in [2.75, 3.05) is 23.3 Å². The summed E-state index contributed by atoms with van der Waals surface area (Å²) in [5.74, 6) is 1.53. The van der Waals surface area contributed by atoms with Crippen molar-refractivity contribution in [1.29, 1.82) is 0 Å². The molecule has 9 nitrogen and oxygen atoms in total. The first-order valence-electron chi connectivity index (χ1n) is 9.88. The maximum Gasteiger partial charge on any atom is 0.251 e. The number of nitrogens with one attached hydrogen (secondary N) is 1. The predicted octanol–water partition coefficient (Wildman–Crippen LogP) is 3.22. The van der Waals surface area contributed by atoms with Gasteiger partial charge in [0.05, 0.1) is 23.6 Å². The summed E-state index contributed by atoms with van der Waals surface area (Å²) in [6.45, 7) is 2.11. The molecule has 0 saturated carbocycles. The molecular weight excluding hydrogens is 382 g/mol. The number of carbonyl (C=O) groups is 1. The molecule has 5 rings (SSSR count). The number of furan rings is 1. The van der Waals surface area contributed by atoms with Gasteiger partial charge in [-0.05, 0) is 37.5 Å². The lowest BCUT2D eigenvalue weighted by Crippen LogP contribution is -2.29. The average molecular weight is 403 g/mol. The Balaban J connectivity index is 1.41. The van der Waals surface area contributed by atoms with Crippen LogP contribution in [0.1, 0.15) is 29.6 Å². The van der Waals surface area contributed by atoms with Crippen LogP contribution in [0.5, 0.6) is 0 Å². The Kier molecular flexibility index (Phi) is 4.55. The zero-order valence-electron chi connectivity index (χ0n) is 16.3. The van der Waals surface area contributed by atoms with E-state index in [0.29, 0.717) is 28.5 Å². The quantitative estimate of drug-likeness (QED) is 0.526. The smallest absolute Gasteiger partial charge is 0.251 e. The van der Waals surface area contributed by atoms with Crippen molar-refractivity contribution < 1.29 is 9.21 Å². The topological polar surface area (TPSA) is 115 Å². The van der Waals surface area contributed by atoms with E-state index < -0.39 is 5.91 Å². The van der Waals surface area contributed by atoms with Crippen molar-refractivity contribution in [3.05, 3.63) is 54.8 Å². The fourth-order valence-electron chi connectivity index (χ4n) is 3.70. The first-order chi connectivity index (χ1) is 14.7.